The molecule has 0 aromatic carbocycles. The van der Waals surface area contributed by atoms with Crippen LogP contribution in [0.2, 0.25) is 0 Å². The molecule has 1 amide bonds. The van der Waals surface area contributed by atoms with Crippen molar-refractivity contribution < 1.29 is 9.53 Å². The van der Waals surface area contributed by atoms with Gasteiger partial charge in [-0.05, 0) is 13.8 Å². The van der Waals surface area contributed by atoms with Gasteiger partial charge in [-0.25, -0.2) is 10.2 Å². The van der Waals surface area contributed by atoms with Gasteiger partial charge in [0.05, 0.1) is 11.4 Å². The number of alkyl halides is 2. The molecule has 0 aliphatic heterocycles. The Bertz CT molecular complexity index is 197. The summed E-state index contributed by atoms with van der Waals surface area (Å²) in [6.07, 6.45) is -0.531. The van der Waals surface area contributed by atoms with Gasteiger partial charge in [0.2, 0.25) is 0 Å². The fourth-order valence-corrected chi connectivity index (χ4v) is 1.05. The van der Waals surface area contributed by atoms with E-state index in [0.717, 1.165) is 11.0 Å². The molecule has 13 heavy (non-hydrogen) atoms. The van der Waals surface area contributed by atoms with Crippen LogP contribution in [-0.2, 0) is 4.74 Å². The Morgan fingerprint density at radius 3 is 2.77 bits per heavy atom. The molecule has 1 N–H and O–H groups in total. The molecule has 4 nitrogen and oxygen atoms in total. The molecule has 0 aliphatic carbocycles. The number of halogens is 2. The molecule has 0 aliphatic rings. The zero-order valence-corrected chi connectivity index (χ0v) is 10.7. The predicted molar refractivity (Wildman–Crippen MR) is 59.8 cm³/mol. The summed E-state index contributed by atoms with van der Waals surface area (Å²) < 4.78 is 4.62. The Kier molecular flexibility index (Phi) is 7.26. The van der Waals surface area contributed by atoms with Crippen LogP contribution in [0.15, 0.2) is 5.10 Å². The number of nitrogens with one attached hydrogen (secondary N) is 1. The number of rotatable bonds is 4. The first kappa shape index (κ1) is 12.9. The number of amides is 1. The highest BCUT2D eigenvalue weighted by atomic mass is 79.9. The number of carbonyl (C=O) groups is 1. The SMILES string of the molecule is CCOC(=O)N/N=C(\C)C(Br)CBr. The van der Waals surface area contributed by atoms with E-state index in [1.54, 1.807) is 6.92 Å². The zero-order chi connectivity index (χ0) is 10.3. The van der Waals surface area contributed by atoms with Crippen LogP contribution in [0.25, 0.3) is 0 Å². The lowest BCUT2D eigenvalue weighted by Gasteiger charge is -2.05. The van der Waals surface area contributed by atoms with Gasteiger partial charge < -0.3 is 4.74 Å². The van der Waals surface area contributed by atoms with Crippen LogP contribution in [0.4, 0.5) is 4.79 Å². The fraction of sp³-hybridized carbons (Fsp3) is 0.714. The molecule has 0 fully saturated rings. The second kappa shape index (κ2) is 7.32. The van der Waals surface area contributed by atoms with Gasteiger partial charge in [0.15, 0.2) is 0 Å². The van der Waals surface area contributed by atoms with Crippen LogP contribution < -0.4 is 5.43 Å². The van der Waals surface area contributed by atoms with Crippen molar-refractivity contribution in [2.75, 3.05) is 11.9 Å². The second-order valence-corrected chi connectivity index (χ2v) is 3.96. The average Bonchev–Trinajstić information content (AvgIpc) is 2.13. The molecule has 0 bridgehead atoms. The molecule has 1 atom stereocenters. The predicted octanol–water partition coefficient (Wildman–Crippen LogP) is 2.27. The Hall–Kier alpha value is -0.100. The van der Waals surface area contributed by atoms with E-state index in [0.29, 0.717) is 6.61 Å². The van der Waals surface area contributed by atoms with E-state index in [9.17, 15) is 4.79 Å². The Morgan fingerprint density at radius 2 is 2.31 bits per heavy atom. The molecule has 0 aromatic heterocycles. The third-order valence-corrected chi connectivity index (χ3v) is 3.69. The van der Waals surface area contributed by atoms with E-state index in [1.165, 1.54) is 0 Å². The van der Waals surface area contributed by atoms with Crippen molar-refractivity contribution in [1.82, 2.24) is 5.43 Å². The number of hydrogen-bond acceptors (Lipinski definition) is 3. The molecule has 76 valence electrons. The maximum Gasteiger partial charge on any atom is 0.427 e. The van der Waals surface area contributed by atoms with Crippen LogP contribution in [0, 0.1) is 0 Å². The van der Waals surface area contributed by atoms with Gasteiger partial charge >= 0.3 is 6.09 Å². The molecule has 0 heterocycles. The van der Waals surface area contributed by atoms with E-state index in [-0.39, 0.29) is 4.83 Å². The quantitative estimate of drug-likeness (QED) is 0.491. The molecular weight excluding hydrogens is 304 g/mol. The van der Waals surface area contributed by atoms with E-state index in [1.807, 2.05) is 6.92 Å². The fourth-order valence-electron chi connectivity index (χ4n) is 0.479. The lowest BCUT2D eigenvalue weighted by Crippen LogP contribution is -2.23. The summed E-state index contributed by atoms with van der Waals surface area (Å²) in [5.41, 5.74) is 3.06. The number of ether oxygens (including phenoxy) is 1. The number of carbonyl (C=O) groups excluding carboxylic acids is 1. The molecule has 6 heteroatoms. The van der Waals surface area contributed by atoms with Gasteiger partial charge in [0, 0.05) is 11.0 Å². The highest BCUT2D eigenvalue weighted by molar-refractivity contribution is 9.12. The van der Waals surface area contributed by atoms with Crippen molar-refractivity contribution in [3.05, 3.63) is 0 Å². The Balaban J connectivity index is 3.89. The molecular formula is C7H12Br2N2O2. The zero-order valence-electron chi connectivity index (χ0n) is 7.51. The highest BCUT2D eigenvalue weighted by Gasteiger charge is 2.06. The van der Waals surface area contributed by atoms with Crippen molar-refractivity contribution in [3.63, 3.8) is 0 Å². The van der Waals surface area contributed by atoms with Crippen LogP contribution in [0.3, 0.4) is 0 Å². The summed E-state index contributed by atoms with van der Waals surface area (Å²) in [5.74, 6) is 0. The molecule has 0 spiro atoms. The molecule has 0 radical (unpaired) electrons. The second-order valence-electron chi connectivity index (χ2n) is 2.21. The molecule has 0 rings (SSSR count). The molecule has 0 saturated heterocycles. The van der Waals surface area contributed by atoms with E-state index in [2.05, 4.69) is 47.1 Å². The van der Waals surface area contributed by atoms with Crippen molar-refractivity contribution in [2.24, 2.45) is 5.10 Å². The first-order valence-corrected chi connectivity index (χ1v) is 5.82. The van der Waals surface area contributed by atoms with E-state index >= 15 is 0 Å². The van der Waals surface area contributed by atoms with Crippen LogP contribution in [-0.4, -0.2) is 28.6 Å². The Labute approximate surface area is 94.4 Å². The third-order valence-electron chi connectivity index (χ3n) is 1.19. The van der Waals surface area contributed by atoms with E-state index < -0.39 is 6.09 Å². The van der Waals surface area contributed by atoms with Crippen molar-refractivity contribution >= 4 is 43.7 Å². The topological polar surface area (TPSA) is 50.7 Å². The molecule has 1 unspecified atom stereocenters. The molecule has 0 saturated carbocycles. The maximum absolute atomic E-state index is 10.8. The average molecular weight is 316 g/mol. The van der Waals surface area contributed by atoms with Gasteiger partial charge in [-0.3, -0.25) is 0 Å². The minimum absolute atomic E-state index is 0.120. The first-order valence-electron chi connectivity index (χ1n) is 3.78. The van der Waals surface area contributed by atoms with Gasteiger partial charge in [0.25, 0.3) is 0 Å². The maximum atomic E-state index is 10.8. The largest absolute Gasteiger partial charge is 0.449 e. The first-order chi connectivity index (χ1) is 6.11. The van der Waals surface area contributed by atoms with Crippen molar-refractivity contribution in [2.45, 2.75) is 18.7 Å². The van der Waals surface area contributed by atoms with Gasteiger partial charge in [0.1, 0.15) is 0 Å². The van der Waals surface area contributed by atoms with Crippen LogP contribution >= 0.6 is 31.9 Å². The number of hydrogen-bond donors (Lipinski definition) is 1. The summed E-state index contributed by atoms with van der Waals surface area (Å²) >= 11 is 6.64. The molecule has 0 aromatic rings. The normalized spacial score (nSPS) is 13.7. The van der Waals surface area contributed by atoms with Gasteiger partial charge in [-0.1, -0.05) is 31.9 Å². The lowest BCUT2D eigenvalue weighted by molar-refractivity contribution is 0.152. The summed E-state index contributed by atoms with van der Waals surface area (Å²) in [6.45, 7) is 3.89. The summed E-state index contributed by atoms with van der Waals surface area (Å²) in [6, 6.07) is 0. The highest BCUT2D eigenvalue weighted by Crippen LogP contribution is 2.05. The monoisotopic (exact) mass is 314 g/mol. The minimum atomic E-state index is -0.531. The Morgan fingerprint density at radius 1 is 1.69 bits per heavy atom. The smallest absolute Gasteiger partial charge is 0.427 e. The third kappa shape index (κ3) is 6.04. The number of nitrogens with zero attached hydrogens (tertiary/aromatic N) is 1. The van der Waals surface area contributed by atoms with Crippen molar-refractivity contribution in [1.29, 1.82) is 0 Å². The lowest BCUT2D eigenvalue weighted by atomic mass is 10.3. The summed E-state index contributed by atoms with van der Waals surface area (Å²) in [5, 5.41) is 4.57. The van der Waals surface area contributed by atoms with Gasteiger partial charge in [-0.2, -0.15) is 5.10 Å². The summed E-state index contributed by atoms with van der Waals surface area (Å²) in [4.78, 5) is 10.9. The van der Waals surface area contributed by atoms with Crippen LogP contribution in [0.1, 0.15) is 13.8 Å². The minimum Gasteiger partial charge on any atom is -0.449 e. The van der Waals surface area contributed by atoms with Crippen molar-refractivity contribution in [3.8, 4) is 0 Å². The summed E-state index contributed by atoms with van der Waals surface area (Å²) in [7, 11) is 0. The number of hydrazone groups is 1. The van der Waals surface area contributed by atoms with E-state index in [4.69, 9.17) is 0 Å². The standard InChI is InChI=1S/C7H12Br2N2O2/c1-3-13-7(12)11-10-5(2)6(9)4-8/h6H,3-4H2,1-2H3,(H,11,12)/b10-5+. The van der Waals surface area contributed by atoms with Crippen LogP contribution in [0.5, 0.6) is 0 Å². The van der Waals surface area contributed by atoms with Gasteiger partial charge in [-0.15, -0.1) is 0 Å².